The van der Waals surface area contributed by atoms with Crippen LogP contribution in [-0.4, -0.2) is 30.3 Å². The molecule has 5 N–H and O–H groups in total. The van der Waals surface area contributed by atoms with E-state index in [1.807, 2.05) is 24.3 Å². The molecule has 0 spiro atoms. The van der Waals surface area contributed by atoms with Crippen LogP contribution in [0.4, 0.5) is 0 Å². The van der Waals surface area contributed by atoms with Gasteiger partial charge in [0, 0.05) is 5.56 Å². The molecule has 0 heterocycles. The van der Waals surface area contributed by atoms with Crippen molar-refractivity contribution in [2.75, 3.05) is 13.2 Å². The zero-order valence-electron chi connectivity index (χ0n) is 10.6. The van der Waals surface area contributed by atoms with E-state index in [9.17, 15) is 4.79 Å². The fourth-order valence-corrected chi connectivity index (χ4v) is 1.55. The summed E-state index contributed by atoms with van der Waals surface area (Å²) >= 11 is 0. The summed E-state index contributed by atoms with van der Waals surface area (Å²) in [7, 11) is 0. The molecule has 0 saturated carbocycles. The lowest BCUT2D eigenvalue weighted by Crippen LogP contribution is -2.89. The van der Waals surface area contributed by atoms with Crippen LogP contribution in [0, 0.1) is 0 Å². The molecule has 0 radical (unpaired) electrons. The van der Waals surface area contributed by atoms with Crippen LogP contribution in [0.5, 0.6) is 5.75 Å². The number of primary amides is 1. The van der Waals surface area contributed by atoms with Crippen molar-refractivity contribution in [1.82, 2.24) is 0 Å². The number of carbonyl (C=O) groups is 1. The van der Waals surface area contributed by atoms with Gasteiger partial charge in [-0.3, -0.25) is 4.79 Å². The van der Waals surface area contributed by atoms with Gasteiger partial charge in [0.05, 0.1) is 6.61 Å². The number of carbonyl (C=O) groups excluding carboxylic acids is 1. The maximum atomic E-state index is 10.6. The van der Waals surface area contributed by atoms with Gasteiger partial charge in [0.2, 0.25) is 0 Å². The van der Waals surface area contributed by atoms with Crippen LogP contribution in [0.15, 0.2) is 24.3 Å². The van der Waals surface area contributed by atoms with Crippen LogP contribution in [0.3, 0.4) is 0 Å². The molecular weight excluding hydrogens is 232 g/mol. The lowest BCUT2D eigenvalue weighted by atomic mass is 10.2. The minimum atomic E-state index is -0.485. The molecule has 1 amide bonds. The van der Waals surface area contributed by atoms with Crippen LogP contribution < -0.4 is 15.8 Å². The van der Waals surface area contributed by atoms with E-state index < -0.39 is 5.91 Å². The highest BCUT2D eigenvalue weighted by Gasteiger charge is 2.07. The average Bonchev–Trinajstić information content (AvgIpc) is 2.39. The molecule has 0 aliphatic rings. The summed E-state index contributed by atoms with van der Waals surface area (Å²) < 4.78 is 5.17. The Morgan fingerprint density at radius 2 is 2.11 bits per heavy atom. The maximum absolute atomic E-state index is 10.6. The first-order valence-electron chi connectivity index (χ1n) is 6.10. The number of aliphatic hydroxyl groups excluding tert-OH is 1. The third kappa shape index (κ3) is 5.16. The topological polar surface area (TPSA) is 89.2 Å². The summed E-state index contributed by atoms with van der Waals surface area (Å²) in [6.07, 6.45) is 0.941. The minimum absolute atomic E-state index is 0.103. The lowest BCUT2D eigenvalue weighted by Gasteiger charge is -2.10. The van der Waals surface area contributed by atoms with Gasteiger partial charge in [0.25, 0.3) is 5.91 Å². The van der Waals surface area contributed by atoms with Crippen molar-refractivity contribution >= 4 is 5.91 Å². The molecule has 0 unspecified atom stereocenters. The molecule has 0 saturated heterocycles. The Kier molecular flexibility index (Phi) is 6.18. The summed E-state index contributed by atoms with van der Waals surface area (Å²) in [5.41, 5.74) is 6.14. The van der Waals surface area contributed by atoms with Gasteiger partial charge in [-0.2, -0.15) is 0 Å². The number of benzene rings is 1. The fraction of sp³-hybridized carbons (Fsp3) is 0.462. The second kappa shape index (κ2) is 7.68. The van der Waals surface area contributed by atoms with Crippen molar-refractivity contribution in [3.63, 3.8) is 0 Å². The molecule has 100 valence electrons. The van der Waals surface area contributed by atoms with Gasteiger partial charge in [-0.05, 0) is 30.7 Å². The smallest absolute Gasteiger partial charge is 0.255 e. The van der Waals surface area contributed by atoms with Crippen LogP contribution >= 0.6 is 0 Å². The largest absolute Gasteiger partial charge is 0.484 e. The second-order valence-corrected chi connectivity index (χ2v) is 4.19. The quantitative estimate of drug-likeness (QED) is 0.577. The molecule has 0 aliphatic heterocycles. The molecule has 5 nitrogen and oxygen atoms in total. The second-order valence-electron chi connectivity index (χ2n) is 4.19. The molecule has 1 aromatic carbocycles. The molecule has 18 heavy (non-hydrogen) atoms. The normalized spacial score (nSPS) is 12.1. The van der Waals surface area contributed by atoms with Crippen LogP contribution in [0.2, 0.25) is 0 Å². The summed E-state index contributed by atoms with van der Waals surface area (Å²) in [5, 5.41) is 11.2. The number of rotatable bonds is 8. The van der Waals surface area contributed by atoms with E-state index in [4.69, 9.17) is 15.6 Å². The first kappa shape index (κ1) is 14.5. The lowest BCUT2D eigenvalue weighted by molar-refractivity contribution is -0.706. The number of nitrogens with two attached hydrogens (primary N) is 2. The van der Waals surface area contributed by atoms with Gasteiger partial charge in [-0.25, -0.2) is 0 Å². The van der Waals surface area contributed by atoms with Gasteiger partial charge in [-0.1, -0.05) is 6.92 Å². The maximum Gasteiger partial charge on any atom is 0.255 e. The SMILES string of the molecule is CC[C@@H](CO)[NH2+]Cc1ccc(OCC(N)=O)cc1. The number of quaternary nitrogens is 1. The van der Waals surface area contributed by atoms with Gasteiger partial charge >= 0.3 is 0 Å². The predicted molar refractivity (Wildman–Crippen MR) is 67.9 cm³/mol. The van der Waals surface area contributed by atoms with Crippen molar-refractivity contribution < 1.29 is 20.0 Å². The Balaban J connectivity index is 2.42. The first-order chi connectivity index (χ1) is 8.65. The van der Waals surface area contributed by atoms with Crippen molar-refractivity contribution in [3.05, 3.63) is 29.8 Å². The molecular formula is C13H21N2O3+. The molecule has 1 aromatic rings. The van der Waals surface area contributed by atoms with Crippen molar-refractivity contribution in [1.29, 1.82) is 0 Å². The van der Waals surface area contributed by atoms with E-state index in [0.29, 0.717) is 5.75 Å². The van der Waals surface area contributed by atoms with Crippen molar-refractivity contribution in [2.45, 2.75) is 25.9 Å². The van der Waals surface area contributed by atoms with Crippen LogP contribution in [0.1, 0.15) is 18.9 Å². The minimum Gasteiger partial charge on any atom is -0.484 e. The number of amides is 1. The Hall–Kier alpha value is -1.59. The molecule has 1 rings (SSSR count). The molecule has 1 atom stereocenters. The van der Waals surface area contributed by atoms with Gasteiger partial charge < -0.3 is 20.9 Å². The fourth-order valence-electron chi connectivity index (χ4n) is 1.55. The monoisotopic (exact) mass is 253 g/mol. The van der Waals surface area contributed by atoms with Crippen LogP contribution in [0.25, 0.3) is 0 Å². The summed E-state index contributed by atoms with van der Waals surface area (Å²) in [6.45, 7) is 2.96. The molecule has 0 aromatic heterocycles. The van der Waals surface area contributed by atoms with E-state index in [2.05, 4.69) is 12.2 Å². The van der Waals surface area contributed by atoms with Crippen molar-refractivity contribution in [2.24, 2.45) is 5.73 Å². The van der Waals surface area contributed by atoms with Gasteiger partial charge in [-0.15, -0.1) is 0 Å². The van der Waals surface area contributed by atoms with E-state index in [1.165, 1.54) is 0 Å². The number of hydrogen-bond donors (Lipinski definition) is 3. The van der Waals surface area contributed by atoms with E-state index >= 15 is 0 Å². The zero-order valence-corrected chi connectivity index (χ0v) is 10.6. The Labute approximate surface area is 107 Å². The molecule has 5 heteroatoms. The third-order valence-electron chi connectivity index (χ3n) is 2.75. The van der Waals surface area contributed by atoms with Gasteiger partial charge in [0.1, 0.15) is 18.3 Å². The zero-order chi connectivity index (χ0) is 13.4. The Morgan fingerprint density at radius 3 is 2.61 bits per heavy atom. The highest BCUT2D eigenvalue weighted by atomic mass is 16.5. The van der Waals surface area contributed by atoms with E-state index in [0.717, 1.165) is 18.5 Å². The van der Waals surface area contributed by atoms with E-state index in [1.54, 1.807) is 0 Å². The van der Waals surface area contributed by atoms with E-state index in [-0.39, 0.29) is 19.3 Å². The van der Waals surface area contributed by atoms with Crippen molar-refractivity contribution in [3.8, 4) is 5.75 Å². The Morgan fingerprint density at radius 1 is 1.44 bits per heavy atom. The molecule has 0 bridgehead atoms. The summed E-state index contributed by atoms with van der Waals surface area (Å²) in [5.74, 6) is 0.146. The number of ether oxygens (including phenoxy) is 1. The predicted octanol–water partition coefficient (Wildman–Crippen LogP) is -0.615. The molecule has 0 fully saturated rings. The van der Waals surface area contributed by atoms with Gasteiger partial charge in [0.15, 0.2) is 6.61 Å². The van der Waals surface area contributed by atoms with Crippen LogP contribution in [-0.2, 0) is 11.3 Å². The first-order valence-corrected chi connectivity index (χ1v) is 6.10. The summed E-state index contributed by atoms with van der Waals surface area (Å²) in [4.78, 5) is 10.6. The highest BCUT2D eigenvalue weighted by Crippen LogP contribution is 2.11. The number of aliphatic hydroxyl groups is 1. The summed E-state index contributed by atoms with van der Waals surface area (Å²) in [6, 6.07) is 7.75. The highest BCUT2D eigenvalue weighted by molar-refractivity contribution is 5.75. The Bertz CT molecular complexity index is 361. The average molecular weight is 253 g/mol. The molecule has 0 aliphatic carbocycles. The third-order valence-corrected chi connectivity index (χ3v) is 2.75. The standard InChI is InChI=1S/C13H20N2O3/c1-2-11(8-16)15-7-10-3-5-12(6-4-10)18-9-13(14)17/h3-6,11,15-16H,2,7-9H2,1H3,(H2,14,17)/p+1/t11-/m0/s1. The number of hydrogen-bond acceptors (Lipinski definition) is 3.